The highest BCUT2D eigenvalue weighted by atomic mass is 16.5. The van der Waals surface area contributed by atoms with Gasteiger partial charge in [-0.05, 0) is 42.7 Å². The number of allylic oxidation sites excluding steroid dienone is 1. The van der Waals surface area contributed by atoms with Crippen LogP contribution in [0.1, 0.15) is 30.4 Å². The van der Waals surface area contributed by atoms with Crippen LogP contribution in [0.25, 0.3) is 0 Å². The minimum atomic E-state index is -0.973. The number of fused-ring (bicyclic) bond motifs is 1. The first-order chi connectivity index (χ1) is 11.0. The zero-order valence-electron chi connectivity index (χ0n) is 13.6. The van der Waals surface area contributed by atoms with Gasteiger partial charge in [-0.1, -0.05) is 30.3 Å². The van der Waals surface area contributed by atoms with Gasteiger partial charge in [-0.3, -0.25) is 4.79 Å². The number of aliphatic hydroxyl groups is 1. The van der Waals surface area contributed by atoms with Crippen LogP contribution in [0.5, 0.6) is 0 Å². The minimum Gasteiger partial charge on any atom is -0.389 e. The fraction of sp³-hybridized carbons (Fsp3) is 0.550. The average molecular weight is 310 g/mol. The normalized spacial score (nSPS) is 51.3. The minimum absolute atomic E-state index is 0.115. The van der Waals surface area contributed by atoms with Gasteiger partial charge in [-0.15, -0.1) is 6.58 Å². The van der Waals surface area contributed by atoms with E-state index in [4.69, 9.17) is 4.74 Å². The molecule has 4 bridgehead atoms. The Morgan fingerprint density at radius 2 is 2.13 bits per heavy atom. The average Bonchev–Trinajstić information content (AvgIpc) is 2.88. The molecular weight excluding hydrogens is 288 g/mol. The second-order valence-corrected chi connectivity index (χ2v) is 8.02. The number of rotatable bonds is 3. The number of ketones is 1. The fourth-order valence-electron chi connectivity index (χ4n) is 7.18. The van der Waals surface area contributed by atoms with Gasteiger partial charge in [-0.2, -0.15) is 0 Å². The second kappa shape index (κ2) is 3.79. The SMILES string of the molecule is C=CC[C@@]12[C@@H]3c4ccccc4C[C@@H]3[C@@H]3C(=O)[C@]1(OC)[C@H]2[C@]3(C)O. The lowest BCUT2D eigenvalue weighted by Gasteiger charge is -2.49. The van der Waals surface area contributed by atoms with E-state index in [9.17, 15) is 9.90 Å². The molecule has 0 spiro atoms. The molecule has 3 nitrogen and oxygen atoms in total. The molecule has 1 aromatic rings. The van der Waals surface area contributed by atoms with Crippen LogP contribution in [0.4, 0.5) is 0 Å². The molecule has 0 unspecified atom stereocenters. The predicted octanol–water partition coefficient (Wildman–Crippen LogP) is 2.48. The quantitative estimate of drug-likeness (QED) is 0.873. The Labute approximate surface area is 136 Å². The first-order valence-electron chi connectivity index (χ1n) is 8.49. The first kappa shape index (κ1) is 13.9. The van der Waals surface area contributed by atoms with E-state index in [0.717, 1.165) is 12.8 Å². The van der Waals surface area contributed by atoms with Crippen LogP contribution in [0.3, 0.4) is 0 Å². The third-order valence-corrected chi connectivity index (χ3v) is 7.45. The largest absolute Gasteiger partial charge is 0.389 e. The number of carbonyl (C=O) groups is 1. The summed E-state index contributed by atoms with van der Waals surface area (Å²) in [5, 5.41) is 11.2. The fourth-order valence-corrected chi connectivity index (χ4v) is 7.18. The third-order valence-electron chi connectivity index (χ3n) is 7.45. The van der Waals surface area contributed by atoms with E-state index in [1.807, 2.05) is 13.0 Å². The zero-order valence-corrected chi connectivity index (χ0v) is 13.6. The van der Waals surface area contributed by atoms with Crippen LogP contribution < -0.4 is 0 Å². The van der Waals surface area contributed by atoms with Gasteiger partial charge in [0, 0.05) is 18.4 Å². The highest BCUT2D eigenvalue weighted by Crippen LogP contribution is 2.87. The summed E-state index contributed by atoms with van der Waals surface area (Å²) in [5.74, 6) is 0.194. The van der Waals surface area contributed by atoms with Crippen LogP contribution >= 0.6 is 0 Å². The van der Waals surface area contributed by atoms with Gasteiger partial charge in [0.05, 0.1) is 11.5 Å². The molecule has 0 aromatic heterocycles. The molecule has 0 aliphatic heterocycles. The molecule has 4 saturated carbocycles. The van der Waals surface area contributed by atoms with E-state index in [1.54, 1.807) is 7.11 Å². The monoisotopic (exact) mass is 310 g/mol. The van der Waals surface area contributed by atoms with Crippen molar-refractivity contribution in [1.29, 1.82) is 0 Å². The van der Waals surface area contributed by atoms with Crippen molar-refractivity contribution in [2.75, 3.05) is 7.11 Å². The van der Waals surface area contributed by atoms with E-state index in [2.05, 4.69) is 30.8 Å². The van der Waals surface area contributed by atoms with Crippen molar-refractivity contribution in [3.8, 4) is 0 Å². The van der Waals surface area contributed by atoms with E-state index in [1.165, 1.54) is 11.1 Å². The number of carbonyl (C=O) groups excluding carboxylic acids is 1. The van der Waals surface area contributed by atoms with Gasteiger partial charge >= 0.3 is 0 Å². The summed E-state index contributed by atoms with van der Waals surface area (Å²) in [6.45, 7) is 5.79. The molecule has 3 heteroatoms. The molecule has 0 heterocycles. The molecule has 120 valence electrons. The molecule has 1 N–H and O–H groups in total. The van der Waals surface area contributed by atoms with Gasteiger partial charge in [0.15, 0.2) is 5.78 Å². The topological polar surface area (TPSA) is 46.5 Å². The Hall–Kier alpha value is -1.45. The van der Waals surface area contributed by atoms with Gasteiger partial charge in [0.2, 0.25) is 0 Å². The summed E-state index contributed by atoms with van der Waals surface area (Å²) >= 11 is 0. The number of methoxy groups -OCH3 is 1. The number of ether oxygens (including phenoxy) is 1. The van der Waals surface area contributed by atoms with Crippen LogP contribution in [0.2, 0.25) is 0 Å². The Bertz CT molecular complexity index is 751. The van der Waals surface area contributed by atoms with E-state index >= 15 is 0 Å². The first-order valence-corrected chi connectivity index (χ1v) is 8.49. The second-order valence-electron chi connectivity index (χ2n) is 8.02. The molecule has 23 heavy (non-hydrogen) atoms. The summed E-state index contributed by atoms with van der Waals surface area (Å²) in [4.78, 5) is 13.2. The van der Waals surface area contributed by atoms with Crippen molar-refractivity contribution < 1.29 is 14.6 Å². The highest BCUT2D eigenvalue weighted by molar-refractivity contribution is 6.02. The lowest BCUT2D eigenvalue weighted by molar-refractivity contribution is -0.154. The Kier molecular flexibility index (Phi) is 2.29. The number of hydrogen-bond donors (Lipinski definition) is 1. The molecule has 5 aliphatic rings. The molecule has 4 fully saturated rings. The number of Topliss-reactive ketones (excluding diaryl/α,β-unsaturated/α-hetero) is 1. The Morgan fingerprint density at radius 3 is 2.78 bits per heavy atom. The van der Waals surface area contributed by atoms with Gasteiger partial charge in [0.25, 0.3) is 0 Å². The van der Waals surface area contributed by atoms with Crippen LogP contribution in [0, 0.1) is 23.2 Å². The molecule has 0 amide bonds. The molecule has 5 aliphatic carbocycles. The lowest BCUT2D eigenvalue weighted by atomic mass is 9.56. The van der Waals surface area contributed by atoms with E-state index in [-0.39, 0.29) is 29.0 Å². The van der Waals surface area contributed by atoms with Crippen molar-refractivity contribution >= 4 is 5.78 Å². The lowest BCUT2D eigenvalue weighted by Crippen LogP contribution is -2.55. The third kappa shape index (κ3) is 1.12. The van der Waals surface area contributed by atoms with Crippen molar-refractivity contribution in [2.45, 2.75) is 36.9 Å². The molecule has 6 rings (SSSR count). The summed E-state index contributed by atoms with van der Waals surface area (Å²) < 4.78 is 5.88. The van der Waals surface area contributed by atoms with Crippen molar-refractivity contribution in [1.82, 2.24) is 0 Å². The summed E-state index contributed by atoms with van der Waals surface area (Å²) in [6, 6.07) is 8.52. The van der Waals surface area contributed by atoms with E-state index < -0.39 is 11.2 Å². The zero-order chi connectivity index (χ0) is 16.2. The van der Waals surface area contributed by atoms with Crippen molar-refractivity contribution in [3.05, 3.63) is 48.0 Å². The van der Waals surface area contributed by atoms with Crippen molar-refractivity contribution in [2.24, 2.45) is 23.2 Å². The number of benzene rings is 1. The summed E-state index contributed by atoms with van der Waals surface area (Å²) in [5.41, 5.74) is 0.582. The number of hydrogen-bond acceptors (Lipinski definition) is 3. The predicted molar refractivity (Wildman–Crippen MR) is 86.0 cm³/mol. The molecule has 0 radical (unpaired) electrons. The standard InChI is InChI=1S/C20H22O3/c1-4-9-19-14-12-8-6-5-7-11(12)10-13(14)15-16(21)20(19,23-3)17(19)18(15,2)22/h4-8,13-15,17,22H,1,9-10H2,2-3H3/t13-,14+,15+,17-,18+,19-,20-/m0/s1. The van der Waals surface area contributed by atoms with Gasteiger partial charge in [0.1, 0.15) is 5.60 Å². The maximum Gasteiger partial charge on any atom is 0.171 e. The van der Waals surface area contributed by atoms with Gasteiger partial charge < -0.3 is 9.84 Å². The van der Waals surface area contributed by atoms with Crippen LogP contribution in [0.15, 0.2) is 36.9 Å². The maximum atomic E-state index is 13.2. The van der Waals surface area contributed by atoms with Crippen LogP contribution in [-0.2, 0) is 16.0 Å². The highest BCUT2D eigenvalue weighted by Gasteiger charge is 2.97. The molecule has 0 saturated heterocycles. The smallest absolute Gasteiger partial charge is 0.171 e. The maximum absolute atomic E-state index is 13.2. The Morgan fingerprint density at radius 1 is 1.39 bits per heavy atom. The Balaban J connectivity index is 1.79. The summed E-state index contributed by atoms with van der Waals surface area (Å²) in [7, 11) is 1.63. The summed E-state index contributed by atoms with van der Waals surface area (Å²) in [6.07, 6.45) is 3.51. The molecular formula is C20H22O3. The van der Waals surface area contributed by atoms with E-state index in [0.29, 0.717) is 5.92 Å². The molecule has 7 atom stereocenters. The van der Waals surface area contributed by atoms with Gasteiger partial charge in [-0.25, -0.2) is 0 Å². The molecule has 1 aromatic carbocycles. The van der Waals surface area contributed by atoms with Crippen LogP contribution in [-0.4, -0.2) is 29.2 Å². The van der Waals surface area contributed by atoms with Crippen molar-refractivity contribution in [3.63, 3.8) is 0 Å².